The summed E-state index contributed by atoms with van der Waals surface area (Å²) in [6.07, 6.45) is 7.12. The Balaban J connectivity index is 2.11. The third kappa shape index (κ3) is 1.13. The molecule has 62 valence electrons. The normalized spacial score (nSPS) is 27.5. The van der Waals surface area contributed by atoms with Crippen molar-refractivity contribution in [1.29, 1.82) is 0 Å². The molecule has 3 heteroatoms. The number of hydroxylamine groups is 1. The predicted octanol–water partition coefficient (Wildman–Crippen LogP) is 1.47. The number of nitrogens with zero attached hydrogens (tertiary/aromatic N) is 1. The van der Waals surface area contributed by atoms with E-state index in [4.69, 9.17) is 5.21 Å². The van der Waals surface area contributed by atoms with Gasteiger partial charge in [0.05, 0.1) is 5.54 Å². The van der Waals surface area contributed by atoms with Gasteiger partial charge in [-0.25, -0.2) is 0 Å². The van der Waals surface area contributed by atoms with E-state index in [1.165, 1.54) is 25.7 Å². The van der Waals surface area contributed by atoms with Crippen molar-refractivity contribution in [3.05, 3.63) is 0 Å². The third-order valence-electron chi connectivity index (χ3n) is 2.86. The highest BCUT2D eigenvalue weighted by Gasteiger charge is 2.37. The van der Waals surface area contributed by atoms with Gasteiger partial charge in [-0.1, -0.05) is 12.8 Å². The van der Waals surface area contributed by atoms with E-state index in [0.717, 1.165) is 18.7 Å². The van der Waals surface area contributed by atoms with E-state index >= 15 is 0 Å². The molecule has 0 aromatic heterocycles. The summed E-state index contributed by atoms with van der Waals surface area (Å²) >= 11 is 0. The van der Waals surface area contributed by atoms with Gasteiger partial charge in [0.15, 0.2) is 0 Å². The fraction of sp³-hybridized carbons (Fsp3) is 0.875. The Morgan fingerprint density at radius 3 is 2.55 bits per heavy atom. The first-order valence-corrected chi connectivity index (χ1v) is 4.34. The van der Waals surface area contributed by atoms with Gasteiger partial charge in [0.2, 0.25) is 0 Å². The molecule has 2 N–H and O–H groups in total. The second-order valence-electron chi connectivity index (χ2n) is 3.60. The Kier molecular flexibility index (Phi) is 1.60. The van der Waals surface area contributed by atoms with Gasteiger partial charge in [-0.15, -0.1) is 0 Å². The van der Waals surface area contributed by atoms with Crippen LogP contribution in [-0.4, -0.2) is 16.6 Å². The first kappa shape index (κ1) is 7.10. The number of hydrogen-bond acceptors (Lipinski definition) is 3. The van der Waals surface area contributed by atoms with Crippen molar-refractivity contribution in [2.75, 3.05) is 0 Å². The maximum atomic E-state index is 8.63. The van der Waals surface area contributed by atoms with E-state index in [9.17, 15) is 0 Å². The van der Waals surface area contributed by atoms with Crippen molar-refractivity contribution in [2.45, 2.75) is 44.1 Å². The standard InChI is InChI=1S/C8H14N2O/c11-10-7-3-6-8(9-7)4-1-2-5-8/h11H,1-6H2,(H,9,10). The number of rotatable bonds is 0. The quantitative estimate of drug-likeness (QED) is 0.519. The first-order valence-electron chi connectivity index (χ1n) is 4.34. The molecule has 1 heterocycles. The molecule has 0 radical (unpaired) electrons. The molecule has 0 aromatic carbocycles. The number of hydrogen-bond donors (Lipinski definition) is 2. The van der Waals surface area contributed by atoms with Gasteiger partial charge in [0.1, 0.15) is 5.84 Å². The molecule has 2 aliphatic rings. The highest BCUT2D eigenvalue weighted by molar-refractivity contribution is 5.83. The molecule has 0 unspecified atom stereocenters. The highest BCUT2D eigenvalue weighted by atomic mass is 16.5. The zero-order valence-electron chi connectivity index (χ0n) is 6.64. The molecule has 0 bridgehead atoms. The van der Waals surface area contributed by atoms with E-state index < -0.39 is 0 Å². The molecule has 1 spiro atoms. The van der Waals surface area contributed by atoms with E-state index in [1.807, 2.05) is 0 Å². The molecule has 1 aliphatic heterocycles. The van der Waals surface area contributed by atoms with Crippen LogP contribution in [0.5, 0.6) is 0 Å². The van der Waals surface area contributed by atoms with Crippen LogP contribution in [0.25, 0.3) is 0 Å². The lowest BCUT2D eigenvalue weighted by Crippen LogP contribution is -2.18. The molecule has 1 fully saturated rings. The minimum Gasteiger partial charge on any atom is -0.290 e. The highest BCUT2D eigenvalue weighted by Crippen LogP contribution is 2.40. The summed E-state index contributed by atoms with van der Waals surface area (Å²) in [6, 6.07) is 0. The van der Waals surface area contributed by atoms with Crippen LogP contribution in [0.3, 0.4) is 0 Å². The van der Waals surface area contributed by atoms with E-state index in [2.05, 4.69) is 10.5 Å². The van der Waals surface area contributed by atoms with Gasteiger partial charge in [0.25, 0.3) is 0 Å². The van der Waals surface area contributed by atoms with Gasteiger partial charge in [-0.3, -0.25) is 15.7 Å². The molecular formula is C8H14N2O. The summed E-state index contributed by atoms with van der Waals surface area (Å²) in [7, 11) is 0. The van der Waals surface area contributed by atoms with Crippen molar-refractivity contribution in [3.63, 3.8) is 0 Å². The topological polar surface area (TPSA) is 44.6 Å². The lowest BCUT2D eigenvalue weighted by molar-refractivity contribution is 0.232. The van der Waals surface area contributed by atoms with Gasteiger partial charge in [0, 0.05) is 6.42 Å². The van der Waals surface area contributed by atoms with Crippen LogP contribution < -0.4 is 5.48 Å². The summed E-state index contributed by atoms with van der Waals surface area (Å²) in [5.41, 5.74) is 2.39. The zero-order chi connectivity index (χ0) is 7.73. The van der Waals surface area contributed by atoms with Crippen molar-refractivity contribution in [1.82, 2.24) is 5.48 Å². The van der Waals surface area contributed by atoms with Gasteiger partial charge in [-0.05, 0) is 19.3 Å². The van der Waals surface area contributed by atoms with Crippen LogP contribution in [0.2, 0.25) is 0 Å². The second-order valence-corrected chi connectivity index (χ2v) is 3.60. The minimum atomic E-state index is 0.227. The maximum Gasteiger partial charge on any atom is 0.121 e. The molecule has 1 saturated carbocycles. The third-order valence-corrected chi connectivity index (χ3v) is 2.86. The number of amidine groups is 1. The Morgan fingerprint density at radius 2 is 2.00 bits per heavy atom. The fourth-order valence-electron chi connectivity index (χ4n) is 2.22. The average Bonchev–Trinajstić information content (AvgIpc) is 2.62. The lowest BCUT2D eigenvalue weighted by Gasteiger charge is -2.17. The summed E-state index contributed by atoms with van der Waals surface area (Å²) in [5, 5.41) is 8.63. The van der Waals surface area contributed by atoms with Crippen molar-refractivity contribution in [3.8, 4) is 0 Å². The first-order chi connectivity index (χ1) is 5.35. The van der Waals surface area contributed by atoms with Crippen LogP contribution in [0, 0.1) is 0 Å². The van der Waals surface area contributed by atoms with E-state index in [1.54, 1.807) is 0 Å². The number of nitrogens with one attached hydrogen (secondary N) is 1. The molecule has 3 nitrogen and oxygen atoms in total. The SMILES string of the molecule is ONC1=NC2(CCCC2)CC1. The summed E-state index contributed by atoms with van der Waals surface area (Å²) in [5.74, 6) is 0.784. The zero-order valence-corrected chi connectivity index (χ0v) is 6.64. The van der Waals surface area contributed by atoms with E-state index in [0.29, 0.717) is 0 Å². The van der Waals surface area contributed by atoms with Crippen molar-refractivity contribution in [2.24, 2.45) is 4.99 Å². The molecule has 2 rings (SSSR count). The Labute approximate surface area is 66.5 Å². The Hall–Kier alpha value is -0.570. The smallest absolute Gasteiger partial charge is 0.121 e. The average molecular weight is 154 g/mol. The lowest BCUT2D eigenvalue weighted by atomic mass is 9.96. The van der Waals surface area contributed by atoms with Crippen LogP contribution in [-0.2, 0) is 0 Å². The predicted molar refractivity (Wildman–Crippen MR) is 42.8 cm³/mol. The number of aliphatic imine (C=N–C) groups is 1. The molecular weight excluding hydrogens is 140 g/mol. The van der Waals surface area contributed by atoms with E-state index in [-0.39, 0.29) is 5.54 Å². The largest absolute Gasteiger partial charge is 0.290 e. The molecule has 0 atom stereocenters. The molecule has 1 aliphatic carbocycles. The summed E-state index contributed by atoms with van der Waals surface area (Å²) < 4.78 is 0. The minimum absolute atomic E-state index is 0.227. The molecule has 11 heavy (non-hydrogen) atoms. The van der Waals surface area contributed by atoms with Crippen LogP contribution >= 0.6 is 0 Å². The van der Waals surface area contributed by atoms with Gasteiger partial charge in [-0.2, -0.15) is 0 Å². The summed E-state index contributed by atoms with van der Waals surface area (Å²) in [6.45, 7) is 0. The van der Waals surface area contributed by atoms with Crippen LogP contribution in [0.4, 0.5) is 0 Å². The van der Waals surface area contributed by atoms with Crippen molar-refractivity contribution < 1.29 is 5.21 Å². The van der Waals surface area contributed by atoms with Crippen molar-refractivity contribution >= 4 is 5.84 Å². The summed E-state index contributed by atoms with van der Waals surface area (Å²) in [4.78, 5) is 4.49. The fourth-order valence-corrected chi connectivity index (χ4v) is 2.22. The molecule has 0 aromatic rings. The molecule has 0 saturated heterocycles. The Bertz CT molecular complexity index is 183. The van der Waals surface area contributed by atoms with Crippen LogP contribution in [0.15, 0.2) is 4.99 Å². The second kappa shape index (κ2) is 2.48. The molecule has 0 amide bonds. The van der Waals surface area contributed by atoms with Gasteiger partial charge >= 0.3 is 0 Å². The van der Waals surface area contributed by atoms with Crippen LogP contribution in [0.1, 0.15) is 38.5 Å². The maximum absolute atomic E-state index is 8.63. The monoisotopic (exact) mass is 154 g/mol. The van der Waals surface area contributed by atoms with Gasteiger partial charge < -0.3 is 0 Å². The Morgan fingerprint density at radius 1 is 1.27 bits per heavy atom.